The summed E-state index contributed by atoms with van der Waals surface area (Å²) >= 11 is 0. The molecule has 0 aromatic heterocycles. The molecule has 1 saturated carbocycles. The second kappa shape index (κ2) is 5.48. The van der Waals surface area contributed by atoms with Crippen LogP contribution in [0.25, 0.3) is 0 Å². The Kier molecular flexibility index (Phi) is 3.97. The van der Waals surface area contributed by atoms with Gasteiger partial charge < -0.3 is 20.9 Å². The highest BCUT2D eigenvalue weighted by Gasteiger charge is 2.41. The highest BCUT2D eigenvalue weighted by Crippen LogP contribution is 2.45. The van der Waals surface area contributed by atoms with Crippen LogP contribution in [-0.4, -0.2) is 24.9 Å². The molecule has 0 bridgehead atoms. The van der Waals surface area contributed by atoms with Gasteiger partial charge in [0.05, 0.1) is 13.2 Å². The molecular formula is C14H22N2O2. The van der Waals surface area contributed by atoms with Crippen molar-refractivity contribution in [3.05, 3.63) is 18.2 Å². The quantitative estimate of drug-likeness (QED) is 0.649. The molecule has 4 nitrogen and oxygen atoms in total. The van der Waals surface area contributed by atoms with Gasteiger partial charge in [-0.25, -0.2) is 0 Å². The first-order chi connectivity index (χ1) is 8.67. The molecule has 100 valence electrons. The minimum Gasteiger partial charge on any atom is -0.493 e. The number of aliphatic hydroxyl groups is 1. The van der Waals surface area contributed by atoms with E-state index in [0.29, 0.717) is 12.3 Å². The minimum absolute atomic E-state index is 0.0923. The molecule has 18 heavy (non-hydrogen) atoms. The molecule has 0 heterocycles. The lowest BCUT2D eigenvalue weighted by atomic mass is 10.1. The fraction of sp³-hybridized carbons (Fsp3) is 0.571. The highest BCUT2D eigenvalue weighted by atomic mass is 16.5. The van der Waals surface area contributed by atoms with E-state index >= 15 is 0 Å². The van der Waals surface area contributed by atoms with E-state index in [4.69, 9.17) is 10.5 Å². The first-order valence-corrected chi connectivity index (χ1v) is 6.55. The zero-order valence-corrected chi connectivity index (χ0v) is 10.9. The third-order valence-electron chi connectivity index (χ3n) is 3.36. The molecule has 0 saturated heterocycles. The monoisotopic (exact) mass is 250 g/mol. The van der Waals surface area contributed by atoms with Crippen LogP contribution >= 0.6 is 0 Å². The number of aliphatic hydroxyl groups excluding tert-OH is 1. The second-order valence-electron chi connectivity index (χ2n) is 5.15. The van der Waals surface area contributed by atoms with E-state index in [2.05, 4.69) is 12.2 Å². The summed E-state index contributed by atoms with van der Waals surface area (Å²) in [6.45, 7) is 3.81. The van der Waals surface area contributed by atoms with E-state index < -0.39 is 0 Å². The molecule has 0 spiro atoms. The van der Waals surface area contributed by atoms with Gasteiger partial charge in [0.2, 0.25) is 0 Å². The van der Waals surface area contributed by atoms with Crippen molar-refractivity contribution in [2.75, 3.05) is 30.8 Å². The zero-order chi connectivity index (χ0) is 13.0. The maximum absolute atomic E-state index is 9.27. The molecule has 0 radical (unpaired) electrons. The Hall–Kier alpha value is -1.42. The Bertz CT molecular complexity index is 403. The first kappa shape index (κ1) is 13.0. The third kappa shape index (κ3) is 3.29. The summed E-state index contributed by atoms with van der Waals surface area (Å²) in [7, 11) is 0. The average Bonchev–Trinajstić information content (AvgIpc) is 3.14. The van der Waals surface area contributed by atoms with Crippen molar-refractivity contribution in [2.24, 2.45) is 5.41 Å². The van der Waals surface area contributed by atoms with Crippen molar-refractivity contribution in [3.8, 4) is 5.75 Å². The van der Waals surface area contributed by atoms with Crippen molar-refractivity contribution in [1.29, 1.82) is 0 Å². The maximum atomic E-state index is 9.27. The average molecular weight is 250 g/mol. The summed E-state index contributed by atoms with van der Waals surface area (Å²) in [6, 6.07) is 5.69. The van der Waals surface area contributed by atoms with Gasteiger partial charge in [-0.2, -0.15) is 0 Å². The lowest BCUT2D eigenvalue weighted by Gasteiger charge is -2.15. The number of benzene rings is 1. The van der Waals surface area contributed by atoms with E-state index in [-0.39, 0.29) is 12.0 Å². The van der Waals surface area contributed by atoms with Gasteiger partial charge in [0, 0.05) is 35.5 Å². The number of nitrogens with two attached hydrogens (primary N) is 1. The Morgan fingerprint density at radius 3 is 2.78 bits per heavy atom. The van der Waals surface area contributed by atoms with Gasteiger partial charge in [-0.05, 0) is 25.3 Å². The largest absolute Gasteiger partial charge is 0.493 e. The molecule has 0 amide bonds. The van der Waals surface area contributed by atoms with Crippen LogP contribution in [-0.2, 0) is 0 Å². The second-order valence-corrected chi connectivity index (χ2v) is 5.15. The fourth-order valence-corrected chi connectivity index (χ4v) is 1.88. The molecule has 4 heteroatoms. The number of hydrogen-bond acceptors (Lipinski definition) is 4. The van der Waals surface area contributed by atoms with E-state index in [1.165, 1.54) is 0 Å². The lowest BCUT2D eigenvalue weighted by molar-refractivity contribution is 0.220. The summed E-state index contributed by atoms with van der Waals surface area (Å²) in [4.78, 5) is 0. The lowest BCUT2D eigenvalue weighted by Crippen LogP contribution is -2.19. The minimum atomic E-state index is 0.0923. The highest BCUT2D eigenvalue weighted by molar-refractivity contribution is 5.59. The van der Waals surface area contributed by atoms with E-state index in [1.807, 2.05) is 18.2 Å². The number of anilines is 2. The Labute approximate surface area is 108 Å². The van der Waals surface area contributed by atoms with Crippen molar-refractivity contribution >= 4 is 11.4 Å². The maximum Gasteiger partial charge on any atom is 0.123 e. The molecular weight excluding hydrogens is 228 g/mol. The smallest absolute Gasteiger partial charge is 0.123 e. The summed E-state index contributed by atoms with van der Waals surface area (Å²) in [5.74, 6) is 0.799. The number of ether oxygens (including phenoxy) is 1. The van der Waals surface area contributed by atoms with E-state index in [9.17, 15) is 5.11 Å². The topological polar surface area (TPSA) is 67.5 Å². The number of nitrogens with one attached hydrogen (secondary N) is 1. The number of rotatable bonds is 7. The molecule has 0 aliphatic heterocycles. The van der Waals surface area contributed by atoms with Crippen LogP contribution in [0.4, 0.5) is 11.4 Å². The van der Waals surface area contributed by atoms with Gasteiger partial charge in [-0.15, -0.1) is 0 Å². The SMILES string of the molecule is CCCOc1cc(N)cc(NCC2(CO)CC2)c1. The van der Waals surface area contributed by atoms with Crippen molar-refractivity contribution < 1.29 is 9.84 Å². The molecule has 2 rings (SSSR count). The number of hydrogen-bond donors (Lipinski definition) is 3. The molecule has 1 aromatic rings. The van der Waals surface area contributed by atoms with Crippen LogP contribution in [0.15, 0.2) is 18.2 Å². The summed E-state index contributed by atoms with van der Waals surface area (Å²) in [5, 5.41) is 12.6. The van der Waals surface area contributed by atoms with Crippen molar-refractivity contribution in [1.82, 2.24) is 0 Å². The van der Waals surface area contributed by atoms with Crippen LogP contribution in [0.5, 0.6) is 5.75 Å². The standard InChI is InChI=1S/C14H22N2O2/c1-2-5-18-13-7-11(15)6-12(8-13)16-9-14(10-17)3-4-14/h6-8,16-17H,2-5,9-10,15H2,1H3. The van der Waals surface area contributed by atoms with Gasteiger partial charge in [-0.3, -0.25) is 0 Å². The Balaban J connectivity index is 1.96. The molecule has 0 atom stereocenters. The fourth-order valence-electron chi connectivity index (χ4n) is 1.88. The van der Waals surface area contributed by atoms with Gasteiger partial charge in [0.25, 0.3) is 0 Å². The summed E-state index contributed by atoms with van der Waals surface area (Å²) in [6.07, 6.45) is 3.17. The summed E-state index contributed by atoms with van der Waals surface area (Å²) in [5.41, 5.74) is 7.60. The Morgan fingerprint density at radius 2 is 2.17 bits per heavy atom. The predicted octanol–water partition coefficient (Wildman–Crippen LogP) is 2.24. The molecule has 4 N–H and O–H groups in total. The van der Waals surface area contributed by atoms with Crippen LogP contribution in [0, 0.1) is 5.41 Å². The number of nitrogen functional groups attached to an aromatic ring is 1. The van der Waals surface area contributed by atoms with Crippen molar-refractivity contribution in [3.63, 3.8) is 0 Å². The van der Waals surface area contributed by atoms with Gasteiger partial charge in [0.15, 0.2) is 0 Å². The first-order valence-electron chi connectivity index (χ1n) is 6.55. The molecule has 1 aromatic carbocycles. The van der Waals surface area contributed by atoms with Gasteiger partial charge in [0.1, 0.15) is 5.75 Å². The van der Waals surface area contributed by atoms with Crippen LogP contribution in [0.1, 0.15) is 26.2 Å². The van der Waals surface area contributed by atoms with Gasteiger partial charge in [-0.1, -0.05) is 6.92 Å². The van der Waals surface area contributed by atoms with Gasteiger partial charge >= 0.3 is 0 Å². The van der Waals surface area contributed by atoms with Crippen molar-refractivity contribution in [2.45, 2.75) is 26.2 Å². The van der Waals surface area contributed by atoms with E-state index in [1.54, 1.807) is 0 Å². The molecule has 1 aliphatic carbocycles. The molecule has 1 fully saturated rings. The van der Waals surface area contributed by atoms with Crippen LogP contribution < -0.4 is 15.8 Å². The Morgan fingerprint density at radius 1 is 1.39 bits per heavy atom. The molecule has 0 unspecified atom stereocenters. The zero-order valence-electron chi connectivity index (χ0n) is 10.9. The third-order valence-corrected chi connectivity index (χ3v) is 3.36. The van der Waals surface area contributed by atoms with Crippen LogP contribution in [0.2, 0.25) is 0 Å². The summed E-state index contributed by atoms with van der Waals surface area (Å²) < 4.78 is 5.58. The van der Waals surface area contributed by atoms with E-state index in [0.717, 1.165) is 37.2 Å². The molecule has 1 aliphatic rings. The predicted molar refractivity (Wildman–Crippen MR) is 73.9 cm³/mol. The van der Waals surface area contributed by atoms with Crippen LogP contribution in [0.3, 0.4) is 0 Å². The normalized spacial score (nSPS) is 16.3.